The molecule has 2 aromatic rings. The van der Waals surface area contributed by atoms with Crippen LogP contribution in [0.5, 0.6) is 0 Å². The first-order chi connectivity index (χ1) is 12.7. The average molecular weight is 430 g/mol. The van der Waals surface area contributed by atoms with E-state index in [0.29, 0.717) is 12.1 Å². The number of alkyl halides is 6. The SMILES string of the molecule is O=[N+]([O-])c1cc([N+](=O)[O-])c(Nc2cc(Cl)ccc2C(F)(F)F)c(C(F)(F)F)c1. The molecule has 0 spiro atoms. The molecule has 0 saturated carbocycles. The Morgan fingerprint density at radius 1 is 0.857 bits per heavy atom. The Bertz CT molecular complexity index is 961. The first-order valence-corrected chi connectivity index (χ1v) is 7.27. The lowest BCUT2D eigenvalue weighted by Gasteiger charge is -2.18. The van der Waals surface area contributed by atoms with E-state index in [2.05, 4.69) is 0 Å². The molecule has 0 fully saturated rings. The summed E-state index contributed by atoms with van der Waals surface area (Å²) in [6, 6.07) is 2.10. The lowest BCUT2D eigenvalue weighted by molar-refractivity contribution is -0.394. The van der Waals surface area contributed by atoms with E-state index in [1.807, 2.05) is 0 Å². The number of nitro benzene ring substituents is 2. The molecule has 0 bridgehead atoms. The van der Waals surface area contributed by atoms with Gasteiger partial charge < -0.3 is 5.32 Å². The highest BCUT2D eigenvalue weighted by atomic mass is 35.5. The maximum Gasteiger partial charge on any atom is 0.418 e. The standard InChI is InChI=1S/C14H6ClF6N3O4/c15-6-1-2-8(13(16,17)18)10(3-6)22-12-9(14(19,20)21)4-7(23(25)26)5-11(12)24(27)28/h1-5,22H. The summed E-state index contributed by atoms with van der Waals surface area (Å²) in [6.45, 7) is 0. The van der Waals surface area contributed by atoms with E-state index in [9.17, 15) is 46.6 Å². The second kappa shape index (κ2) is 7.14. The molecule has 0 aliphatic rings. The highest BCUT2D eigenvalue weighted by molar-refractivity contribution is 6.30. The smallest absolute Gasteiger partial charge is 0.349 e. The molecule has 0 aromatic heterocycles. The Kier molecular flexibility index (Phi) is 5.41. The molecule has 0 atom stereocenters. The molecule has 1 N–H and O–H groups in total. The Morgan fingerprint density at radius 2 is 1.43 bits per heavy atom. The van der Waals surface area contributed by atoms with E-state index in [4.69, 9.17) is 11.6 Å². The van der Waals surface area contributed by atoms with Gasteiger partial charge in [-0.25, -0.2) is 0 Å². The number of nitrogens with zero attached hydrogens (tertiary/aromatic N) is 2. The molecule has 28 heavy (non-hydrogen) atoms. The molecular weight excluding hydrogens is 424 g/mol. The van der Waals surface area contributed by atoms with Gasteiger partial charge in [0, 0.05) is 11.1 Å². The van der Waals surface area contributed by atoms with Crippen LogP contribution in [0.15, 0.2) is 30.3 Å². The fourth-order valence-electron chi connectivity index (χ4n) is 2.22. The molecule has 2 aromatic carbocycles. The number of nitrogens with one attached hydrogen (secondary N) is 1. The van der Waals surface area contributed by atoms with Crippen LogP contribution in [0.2, 0.25) is 5.02 Å². The topological polar surface area (TPSA) is 98.3 Å². The first-order valence-electron chi connectivity index (χ1n) is 6.89. The van der Waals surface area contributed by atoms with Crippen molar-refractivity contribution >= 4 is 34.4 Å². The van der Waals surface area contributed by atoms with Crippen LogP contribution in [0.3, 0.4) is 0 Å². The van der Waals surface area contributed by atoms with Crippen LogP contribution >= 0.6 is 11.6 Å². The van der Waals surface area contributed by atoms with Crippen molar-refractivity contribution in [1.29, 1.82) is 0 Å². The maximum atomic E-state index is 13.3. The van der Waals surface area contributed by atoms with Crippen molar-refractivity contribution in [3.63, 3.8) is 0 Å². The molecule has 7 nitrogen and oxygen atoms in total. The molecule has 150 valence electrons. The van der Waals surface area contributed by atoms with Gasteiger partial charge in [0.1, 0.15) is 5.69 Å². The number of anilines is 2. The van der Waals surface area contributed by atoms with E-state index in [1.54, 1.807) is 5.32 Å². The van der Waals surface area contributed by atoms with E-state index < -0.39 is 56.1 Å². The Morgan fingerprint density at radius 3 is 1.89 bits per heavy atom. The van der Waals surface area contributed by atoms with Crippen LogP contribution in [-0.4, -0.2) is 9.85 Å². The fourth-order valence-corrected chi connectivity index (χ4v) is 2.39. The Labute approximate surface area is 155 Å². The molecular formula is C14H6ClF6N3O4. The third-order valence-corrected chi connectivity index (χ3v) is 3.60. The van der Waals surface area contributed by atoms with Gasteiger partial charge >= 0.3 is 12.4 Å². The van der Waals surface area contributed by atoms with Crippen molar-refractivity contribution < 1.29 is 36.2 Å². The molecule has 14 heteroatoms. The van der Waals surface area contributed by atoms with Crippen molar-refractivity contribution in [2.24, 2.45) is 0 Å². The van der Waals surface area contributed by atoms with Gasteiger partial charge in [-0.15, -0.1) is 0 Å². The van der Waals surface area contributed by atoms with Crippen molar-refractivity contribution in [2.75, 3.05) is 5.32 Å². The number of halogens is 7. The molecule has 2 rings (SSSR count). The van der Waals surface area contributed by atoms with Crippen LogP contribution in [0, 0.1) is 20.2 Å². The molecule has 0 unspecified atom stereocenters. The highest BCUT2D eigenvalue weighted by Crippen LogP contribution is 2.45. The zero-order chi connectivity index (χ0) is 21.4. The fraction of sp³-hybridized carbons (Fsp3) is 0.143. The molecule has 0 radical (unpaired) electrons. The summed E-state index contributed by atoms with van der Waals surface area (Å²) < 4.78 is 79.3. The molecule has 0 heterocycles. The summed E-state index contributed by atoms with van der Waals surface area (Å²) in [5.74, 6) is 0. The van der Waals surface area contributed by atoms with Crippen LogP contribution in [-0.2, 0) is 12.4 Å². The lowest BCUT2D eigenvalue weighted by atomic mass is 10.1. The average Bonchev–Trinajstić information content (AvgIpc) is 2.52. The van der Waals surface area contributed by atoms with Crippen molar-refractivity contribution in [2.45, 2.75) is 12.4 Å². The number of hydrogen-bond acceptors (Lipinski definition) is 5. The summed E-state index contributed by atoms with van der Waals surface area (Å²) in [5.41, 5.74) is -8.42. The predicted molar refractivity (Wildman–Crippen MR) is 84.5 cm³/mol. The normalized spacial score (nSPS) is 12.0. The van der Waals surface area contributed by atoms with Gasteiger partial charge in [0.2, 0.25) is 0 Å². The summed E-state index contributed by atoms with van der Waals surface area (Å²) in [7, 11) is 0. The Hall–Kier alpha value is -3.09. The van der Waals surface area contributed by atoms with Crippen LogP contribution in [0.4, 0.5) is 49.1 Å². The van der Waals surface area contributed by atoms with E-state index in [1.165, 1.54) is 0 Å². The van der Waals surface area contributed by atoms with Gasteiger partial charge in [0.15, 0.2) is 0 Å². The van der Waals surface area contributed by atoms with Crippen molar-refractivity contribution in [3.8, 4) is 0 Å². The summed E-state index contributed by atoms with van der Waals surface area (Å²) >= 11 is 5.58. The third kappa shape index (κ3) is 4.42. The lowest BCUT2D eigenvalue weighted by Crippen LogP contribution is -2.14. The van der Waals surface area contributed by atoms with Crippen LogP contribution in [0.1, 0.15) is 11.1 Å². The zero-order valence-corrected chi connectivity index (χ0v) is 13.8. The molecule has 0 amide bonds. The predicted octanol–water partition coefficient (Wildman–Crippen LogP) is 5.94. The van der Waals surface area contributed by atoms with Gasteiger partial charge in [0.25, 0.3) is 11.4 Å². The van der Waals surface area contributed by atoms with Crippen LogP contribution < -0.4 is 5.32 Å². The van der Waals surface area contributed by atoms with E-state index in [0.717, 1.165) is 6.07 Å². The minimum atomic E-state index is -5.35. The van der Waals surface area contributed by atoms with Crippen LogP contribution in [0.25, 0.3) is 0 Å². The zero-order valence-electron chi connectivity index (χ0n) is 13.1. The van der Waals surface area contributed by atoms with Gasteiger partial charge in [-0.1, -0.05) is 11.6 Å². The Balaban J connectivity index is 2.81. The van der Waals surface area contributed by atoms with Crippen molar-refractivity contribution in [1.82, 2.24) is 0 Å². The van der Waals surface area contributed by atoms with E-state index >= 15 is 0 Å². The number of rotatable bonds is 4. The summed E-state index contributed by atoms with van der Waals surface area (Å²) in [6.07, 6.45) is -10.4. The number of hydrogen-bond donors (Lipinski definition) is 1. The minimum absolute atomic E-state index is 0.0207. The summed E-state index contributed by atoms with van der Waals surface area (Å²) in [4.78, 5) is 19.2. The number of non-ortho nitro benzene ring substituents is 1. The quantitative estimate of drug-likeness (QED) is 0.368. The maximum absolute atomic E-state index is 13.3. The largest absolute Gasteiger partial charge is 0.418 e. The van der Waals surface area contributed by atoms with Gasteiger partial charge in [-0.3, -0.25) is 20.2 Å². The van der Waals surface area contributed by atoms with Crippen molar-refractivity contribution in [3.05, 3.63) is 66.7 Å². The number of benzene rings is 2. The minimum Gasteiger partial charge on any atom is -0.349 e. The molecule has 0 saturated heterocycles. The van der Waals surface area contributed by atoms with Gasteiger partial charge in [-0.2, -0.15) is 26.3 Å². The molecule has 0 aliphatic heterocycles. The van der Waals surface area contributed by atoms with Gasteiger partial charge in [-0.05, 0) is 18.2 Å². The molecule has 0 aliphatic carbocycles. The number of nitro groups is 2. The van der Waals surface area contributed by atoms with E-state index in [-0.39, 0.29) is 17.2 Å². The highest BCUT2D eigenvalue weighted by Gasteiger charge is 2.41. The monoisotopic (exact) mass is 429 g/mol. The first kappa shape index (κ1) is 21.2. The second-order valence-corrected chi connectivity index (χ2v) is 5.65. The summed E-state index contributed by atoms with van der Waals surface area (Å²) in [5, 5.41) is 23.4. The third-order valence-electron chi connectivity index (χ3n) is 3.36. The van der Waals surface area contributed by atoms with Gasteiger partial charge in [0.05, 0.1) is 32.7 Å². The second-order valence-electron chi connectivity index (χ2n) is 5.21.